The van der Waals surface area contributed by atoms with E-state index in [1.54, 1.807) is 6.07 Å². The van der Waals surface area contributed by atoms with Gasteiger partial charge in [-0.05, 0) is 42.8 Å². The van der Waals surface area contributed by atoms with Crippen LogP contribution in [0.1, 0.15) is 12.5 Å². The van der Waals surface area contributed by atoms with Gasteiger partial charge in [0.25, 0.3) is 0 Å². The van der Waals surface area contributed by atoms with E-state index in [2.05, 4.69) is 4.72 Å². The second-order valence-electron chi connectivity index (χ2n) is 4.51. The summed E-state index contributed by atoms with van der Waals surface area (Å²) in [5.74, 6) is 0.699. The van der Waals surface area contributed by atoms with E-state index in [0.29, 0.717) is 12.4 Å². The van der Waals surface area contributed by atoms with E-state index < -0.39 is 10.0 Å². The van der Waals surface area contributed by atoms with Crippen LogP contribution in [0.2, 0.25) is 10.0 Å². The Kier molecular flexibility index (Phi) is 5.69. The summed E-state index contributed by atoms with van der Waals surface area (Å²) in [4.78, 5) is 0.0333. The van der Waals surface area contributed by atoms with Gasteiger partial charge < -0.3 is 4.74 Å². The van der Waals surface area contributed by atoms with Gasteiger partial charge in [-0.15, -0.1) is 0 Å². The zero-order valence-corrected chi connectivity index (χ0v) is 14.2. The Morgan fingerprint density at radius 2 is 1.77 bits per heavy atom. The fourth-order valence-corrected chi connectivity index (χ4v) is 3.60. The van der Waals surface area contributed by atoms with Crippen molar-refractivity contribution in [2.24, 2.45) is 0 Å². The number of halogens is 2. The Hall–Kier alpha value is -1.27. The van der Waals surface area contributed by atoms with Gasteiger partial charge >= 0.3 is 0 Å². The standard InChI is InChI=1S/C15H15Cl2NO3S/c1-2-21-14-5-3-4-11(6-14)10-18-22(19,20)15-8-12(16)7-13(17)9-15/h3-9,18H,2,10H2,1H3. The van der Waals surface area contributed by atoms with Crippen LogP contribution in [-0.2, 0) is 16.6 Å². The first-order valence-electron chi connectivity index (χ1n) is 6.58. The van der Waals surface area contributed by atoms with Crippen molar-refractivity contribution in [2.75, 3.05) is 6.61 Å². The van der Waals surface area contributed by atoms with Crippen LogP contribution in [-0.4, -0.2) is 15.0 Å². The molecule has 0 unspecified atom stereocenters. The van der Waals surface area contributed by atoms with E-state index in [0.717, 1.165) is 5.56 Å². The third-order valence-corrected chi connectivity index (χ3v) is 4.64. The van der Waals surface area contributed by atoms with Crippen LogP contribution in [0, 0.1) is 0 Å². The number of ether oxygens (including phenoxy) is 1. The number of rotatable bonds is 6. The summed E-state index contributed by atoms with van der Waals surface area (Å²) >= 11 is 11.7. The van der Waals surface area contributed by atoms with Crippen LogP contribution in [0.25, 0.3) is 0 Å². The fraction of sp³-hybridized carbons (Fsp3) is 0.200. The lowest BCUT2D eigenvalue weighted by atomic mass is 10.2. The largest absolute Gasteiger partial charge is 0.494 e. The van der Waals surface area contributed by atoms with E-state index in [1.165, 1.54) is 18.2 Å². The van der Waals surface area contributed by atoms with Crippen molar-refractivity contribution < 1.29 is 13.2 Å². The highest BCUT2D eigenvalue weighted by molar-refractivity contribution is 7.89. The molecule has 0 aromatic heterocycles. The van der Waals surface area contributed by atoms with Gasteiger partial charge in [-0.3, -0.25) is 0 Å². The second kappa shape index (κ2) is 7.33. The predicted molar refractivity (Wildman–Crippen MR) is 88.1 cm³/mol. The zero-order chi connectivity index (χ0) is 16.2. The molecule has 4 nitrogen and oxygen atoms in total. The van der Waals surface area contributed by atoms with Crippen LogP contribution in [0.4, 0.5) is 0 Å². The molecule has 0 saturated heterocycles. The molecule has 2 aromatic carbocycles. The zero-order valence-electron chi connectivity index (χ0n) is 11.8. The van der Waals surface area contributed by atoms with Crippen molar-refractivity contribution >= 4 is 33.2 Å². The van der Waals surface area contributed by atoms with Crippen LogP contribution < -0.4 is 9.46 Å². The third-order valence-electron chi connectivity index (χ3n) is 2.82. The first kappa shape index (κ1) is 17.1. The van der Waals surface area contributed by atoms with E-state index in [9.17, 15) is 8.42 Å². The minimum atomic E-state index is -3.69. The molecule has 0 heterocycles. The molecule has 0 bridgehead atoms. The molecule has 0 spiro atoms. The van der Waals surface area contributed by atoms with E-state index >= 15 is 0 Å². The highest BCUT2D eigenvalue weighted by Crippen LogP contribution is 2.22. The molecule has 1 N–H and O–H groups in total. The van der Waals surface area contributed by atoms with Gasteiger partial charge in [0.05, 0.1) is 11.5 Å². The predicted octanol–water partition coefficient (Wildman–Crippen LogP) is 3.87. The minimum absolute atomic E-state index is 0.0333. The SMILES string of the molecule is CCOc1cccc(CNS(=O)(=O)c2cc(Cl)cc(Cl)c2)c1. The summed E-state index contributed by atoms with van der Waals surface area (Å²) in [7, 11) is -3.69. The highest BCUT2D eigenvalue weighted by atomic mass is 35.5. The van der Waals surface area contributed by atoms with Crippen molar-refractivity contribution in [3.63, 3.8) is 0 Å². The molecular weight excluding hydrogens is 345 g/mol. The molecule has 0 aliphatic heterocycles. The molecule has 0 fully saturated rings. The van der Waals surface area contributed by atoms with E-state index in [1.807, 2.05) is 25.1 Å². The van der Waals surface area contributed by atoms with Crippen LogP contribution >= 0.6 is 23.2 Å². The second-order valence-corrected chi connectivity index (χ2v) is 7.15. The molecule has 2 rings (SSSR count). The van der Waals surface area contributed by atoms with Gasteiger partial charge in [-0.1, -0.05) is 35.3 Å². The maximum Gasteiger partial charge on any atom is 0.240 e. The molecule has 0 radical (unpaired) electrons. The first-order valence-corrected chi connectivity index (χ1v) is 8.82. The number of nitrogens with one attached hydrogen (secondary N) is 1. The number of sulfonamides is 1. The molecule has 0 aliphatic rings. The van der Waals surface area contributed by atoms with Crippen LogP contribution in [0.15, 0.2) is 47.4 Å². The molecule has 0 aliphatic carbocycles. The summed E-state index contributed by atoms with van der Waals surface area (Å²) in [6.45, 7) is 2.59. The van der Waals surface area contributed by atoms with E-state index in [4.69, 9.17) is 27.9 Å². The fourth-order valence-electron chi connectivity index (χ4n) is 1.86. The van der Waals surface area contributed by atoms with Crippen molar-refractivity contribution in [1.82, 2.24) is 4.72 Å². The Bertz CT molecular complexity index is 743. The van der Waals surface area contributed by atoms with E-state index in [-0.39, 0.29) is 21.5 Å². The van der Waals surface area contributed by atoms with Gasteiger partial charge in [0.2, 0.25) is 10.0 Å². The lowest BCUT2D eigenvalue weighted by molar-refractivity contribution is 0.340. The quantitative estimate of drug-likeness (QED) is 0.851. The van der Waals surface area contributed by atoms with Crippen molar-refractivity contribution in [2.45, 2.75) is 18.4 Å². The molecule has 0 saturated carbocycles. The minimum Gasteiger partial charge on any atom is -0.494 e. The molecule has 118 valence electrons. The Morgan fingerprint density at radius 3 is 2.41 bits per heavy atom. The number of hydrogen-bond donors (Lipinski definition) is 1. The Labute approximate surface area is 140 Å². The highest BCUT2D eigenvalue weighted by Gasteiger charge is 2.15. The van der Waals surface area contributed by atoms with Gasteiger partial charge in [0, 0.05) is 16.6 Å². The monoisotopic (exact) mass is 359 g/mol. The average Bonchev–Trinajstić information content (AvgIpc) is 2.45. The first-order chi connectivity index (χ1) is 10.4. The lowest BCUT2D eigenvalue weighted by Crippen LogP contribution is -2.23. The molecule has 22 heavy (non-hydrogen) atoms. The Morgan fingerprint density at radius 1 is 1.09 bits per heavy atom. The average molecular weight is 360 g/mol. The smallest absolute Gasteiger partial charge is 0.240 e. The van der Waals surface area contributed by atoms with Gasteiger partial charge in [0.1, 0.15) is 5.75 Å². The lowest BCUT2D eigenvalue weighted by Gasteiger charge is -2.09. The number of hydrogen-bond acceptors (Lipinski definition) is 3. The number of benzene rings is 2. The summed E-state index contributed by atoms with van der Waals surface area (Å²) in [5.41, 5.74) is 0.794. The van der Waals surface area contributed by atoms with Crippen LogP contribution in [0.3, 0.4) is 0 Å². The molecular formula is C15H15Cl2NO3S. The maximum absolute atomic E-state index is 12.3. The summed E-state index contributed by atoms with van der Waals surface area (Å²) < 4.78 is 32.4. The van der Waals surface area contributed by atoms with Crippen molar-refractivity contribution in [3.05, 3.63) is 58.1 Å². The molecule has 2 aromatic rings. The van der Waals surface area contributed by atoms with Crippen molar-refractivity contribution in [1.29, 1.82) is 0 Å². The third kappa shape index (κ3) is 4.61. The normalized spacial score (nSPS) is 11.4. The van der Waals surface area contributed by atoms with Crippen molar-refractivity contribution in [3.8, 4) is 5.75 Å². The summed E-state index contributed by atoms with van der Waals surface area (Å²) in [5, 5.41) is 0.539. The molecule has 0 amide bonds. The van der Waals surface area contributed by atoms with Gasteiger partial charge in [-0.2, -0.15) is 0 Å². The van der Waals surface area contributed by atoms with Gasteiger partial charge in [0.15, 0.2) is 0 Å². The molecule has 7 heteroatoms. The van der Waals surface area contributed by atoms with Gasteiger partial charge in [-0.25, -0.2) is 13.1 Å². The topological polar surface area (TPSA) is 55.4 Å². The maximum atomic E-state index is 12.3. The molecule has 0 atom stereocenters. The summed E-state index contributed by atoms with van der Waals surface area (Å²) in [6.07, 6.45) is 0. The Balaban J connectivity index is 2.14. The van der Waals surface area contributed by atoms with Crippen LogP contribution in [0.5, 0.6) is 5.75 Å². The summed E-state index contributed by atoms with van der Waals surface area (Å²) in [6, 6.07) is 11.4.